The Morgan fingerprint density at radius 2 is 2.13 bits per heavy atom. The van der Waals surface area contributed by atoms with Crippen LogP contribution in [0.1, 0.15) is 6.92 Å². The molecular weight excluding hydrogens is 281 g/mol. The summed E-state index contributed by atoms with van der Waals surface area (Å²) in [5, 5.41) is 0. The first kappa shape index (κ1) is 12.9. The first-order valence-electron chi connectivity index (χ1n) is 3.77. The molecule has 1 heterocycles. The van der Waals surface area contributed by atoms with Crippen molar-refractivity contribution in [3.05, 3.63) is 14.7 Å². The molecule has 0 aliphatic heterocycles. The van der Waals surface area contributed by atoms with Crippen LogP contribution in [0, 0.1) is 0 Å². The fourth-order valence-corrected chi connectivity index (χ4v) is 3.98. The SMILES string of the molecule is CC(=O)CNS(=O)(=O)c1cc(Cl)sc1Cl. The molecule has 0 spiro atoms. The van der Waals surface area contributed by atoms with E-state index in [1.165, 1.54) is 13.0 Å². The van der Waals surface area contributed by atoms with Crippen LogP contribution in [0.2, 0.25) is 8.67 Å². The molecule has 0 atom stereocenters. The zero-order valence-electron chi connectivity index (χ0n) is 7.58. The van der Waals surface area contributed by atoms with E-state index in [9.17, 15) is 13.2 Å². The largest absolute Gasteiger partial charge is 0.299 e. The Kier molecular flexibility index (Phi) is 4.13. The van der Waals surface area contributed by atoms with Gasteiger partial charge in [-0.3, -0.25) is 4.79 Å². The lowest BCUT2D eigenvalue weighted by molar-refractivity contribution is -0.115. The van der Waals surface area contributed by atoms with Crippen LogP contribution < -0.4 is 4.72 Å². The second-order valence-electron chi connectivity index (χ2n) is 2.72. The van der Waals surface area contributed by atoms with Crippen LogP contribution in [0.15, 0.2) is 11.0 Å². The van der Waals surface area contributed by atoms with Crippen LogP contribution in [0.25, 0.3) is 0 Å². The van der Waals surface area contributed by atoms with Crippen molar-refractivity contribution in [2.45, 2.75) is 11.8 Å². The molecular formula is C7H7Cl2NO3S2. The van der Waals surface area contributed by atoms with Crippen LogP contribution in [-0.4, -0.2) is 20.7 Å². The highest BCUT2D eigenvalue weighted by Gasteiger charge is 2.20. The number of hydrogen-bond acceptors (Lipinski definition) is 4. The first-order valence-corrected chi connectivity index (χ1v) is 6.82. The fourth-order valence-electron chi connectivity index (χ4n) is 0.783. The summed E-state index contributed by atoms with van der Waals surface area (Å²) in [5.74, 6) is -0.281. The molecule has 8 heteroatoms. The molecule has 0 aliphatic rings. The van der Waals surface area contributed by atoms with Gasteiger partial charge in [0.15, 0.2) is 0 Å². The topological polar surface area (TPSA) is 63.2 Å². The lowest BCUT2D eigenvalue weighted by atomic mass is 10.5. The number of halogens is 2. The van der Waals surface area contributed by atoms with Crippen molar-refractivity contribution in [3.63, 3.8) is 0 Å². The maximum absolute atomic E-state index is 11.6. The fraction of sp³-hybridized carbons (Fsp3) is 0.286. The van der Waals surface area contributed by atoms with Gasteiger partial charge in [0.1, 0.15) is 15.0 Å². The minimum Gasteiger partial charge on any atom is -0.299 e. The average Bonchev–Trinajstić information content (AvgIpc) is 2.43. The molecule has 0 fully saturated rings. The number of thiophene rings is 1. The summed E-state index contributed by atoms with van der Waals surface area (Å²) in [7, 11) is -3.74. The summed E-state index contributed by atoms with van der Waals surface area (Å²) in [6.07, 6.45) is 0. The molecule has 1 aromatic heterocycles. The maximum Gasteiger partial charge on any atom is 0.243 e. The van der Waals surface area contributed by atoms with E-state index >= 15 is 0 Å². The maximum atomic E-state index is 11.6. The quantitative estimate of drug-likeness (QED) is 0.920. The number of ketones is 1. The molecule has 0 aliphatic carbocycles. The number of carbonyl (C=O) groups excluding carboxylic acids is 1. The Labute approximate surface area is 101 Å². The monoisotopic (exact) mass is 287 g/mol. The number of carbonyl (C=O) groups is 1. The van der Waals surface area contributed by atoms with E-state index in [1.807, 2.05) is 0 Å². The Balaban J connectivity index is 2.96. The van der Waals surface area contributed by atoms with Crippen molar-refractivity contribution in [2.75, 3.05) is 6.54 Å². The highest BCUT2D eigenvalue weighted by Crippen LogP contribution is 2.33. The second-order valence-corrected chi connectivity index (χ2v) is 6.74. The summed E-state index contributed by atoms with van der Waals surface area (Å²) in [6, 6.07) is 1.25. The summed E-state index contributed by atoms with van der Waals surface area (Å²) in [4.78, 5) is 10.5. The predicted molar refractivity (Wildman–Crippen MR) is 60.2 cm³/mol. The van der Waals surface area contributed by atoms with Crippen molar-refractivity contribution < 1.29 is 13.2 Å². The van der Waals surface area contributed by atoms with E-state index in [0.29, 0.717) is 0 Å². The van der Waals surface area contributed by atoms with Crippen molar-refractivity contribution in [1.29, 1.82) is 0 Å². The van der Waals surface area contributed by atoms with Gasteiger partial charge in [0.2, 0.25) is 10.0 Å². The summed E-state index contributed by atoms with van der Waals surface area (Å²) >= 11 is 12.2. The first-order chi connectivity index (χ1) is 6.83. The molecule has 4 nitrogen and oxygen atoms in total. The zero-order valence-corrected chi connectivity index (χ0v) is 10.7. The van der Waals surface area contributed by atoms with Gasteiger partial charge < -0.3 is 0 Å². The highest BCUT2D eigenvalue weighted by molar-refractivity contribution is 7.89. The van der Waals surface area contributed by atoms with E-state index in [1.54, 1.807) is 0 Å². The summed E-state index contributed by atoms with van der Waals surface area (Å²) < 4.78 is 25.6. The molecule has 1 aromatic rings. The molecule has 0 amide bonds. The Hall–Kier alpha value is -0.140. The van der Waals surface area contributed by atoms with Crippen LogP contribution >= 0.6 is 34.5 Å². The minimum absolute atomic E-state index is 0.0797. The predicted octanol–water partition coefficient (Wildman–Crippen LogP) is 1.92. The van der Waals surface area contributed by atoms with E-state index < -0.39 is 10.0 Å². The summed E-state index contributed by atoms with van der Waals surface area (Å²) in [6.45, 7) is 1.02. The molecule has 1 rings (SSSR count). The molecule has 0 bridgehead atoms. The number of Topliss-reactive ketones (excluding diaryl/α,β-unsaturated/α-hetero) is 1. The van der Waals surface area contributed by atoms with Crippen LogP contribution in [0.4, 0.5) is 0 Å². The Morgan fingerprint density at radius 3 is 2.53 bits per heavy atom. The van der Waals surface area contributed by atoms with Crippen LogP contribution in [0.3, 0.4) is 0 Å². The molecule has 84 valence electrons. The van der Waals surface area contributed by atoms with Crippen molar-refractivity contribution in [1.82, 2.24) is 4.72 Å². The highest BCUT2D eigenvalue weighted by atomic mass is 35.5. The minimum atomic E-state index is -3.74. The summed E-state index contributed by atoms with van der Waals surface area (Å²) in [5.41, 5.74) is 0. The molecule has 0 saturated heterocycles. The molecule has 0 unspecified atom stereocenters. The van der Waals surface area contributed by atoms with Gasteiger partial charge in [0, 0.05) is 0 Å². The number of rotatable bonds is 4. The zero-order chi connectivity index (χ0) is 11.6. The van der Waals surface area contributed by atoms with Gasteiger partial charge in [-0.1, -0.05) is 23.2 Å². The molecule has 0 radical (unpaired) electrons. The van der Waals surface area contributed by atoms with E-state index in [0.717, 1.165) is 11.3 Å². The van der Waals surface area contributed by atoms with Crippen molar-refractivity contribution in [2.24, 2.45) is 0 Å². The lowest BCUT2D eigenvalue weighted by Gasteiger charge is -2.02. The third-order valence-electron chi connectivity index (χ3n) is 1.43. The van der Waals surface area contributed by atoms with Gasteiger partial charge in [0.05, 0.1) is 10.9 Å². The van der Waals surface area contributed by atoms with Gasteiger partial charge in [-0.2, -0.15) is 0 Å². The van der Waals surface area contributed by atoms with E-state index in [-0.39, 0.29) is 25.9 Å². The molecule has 0 aromatic carbocycles. The van der Waals surface area contributed by atoms with Gasteiger partial charge in [0.25, 0.3) is 0 Å². The van der Waals surface area contributed by atoms with Crippen LogP contribution in [0.5, 0.6) is 0 Å². The lowest BCUT2D eigenvalue weighted by Crippen LogP contribution is -2.28. The third-order valence-corrected chi connectivity index (χ3v) is 4.58. The Bertz CT molecular complexity index is 480. The van der Waals surface area contributed by atoms with Crippen molar-refractivity contribution in [3.8, 4) is 0 Å². The standard InChI is InChI=1S/C7H7Cl2NO3S2/c1-4(11)3-10-15(12,13)5-2-6(8)14-7(5)9/h2,10H,3H2,1H3. The molecule has 15 heavy (non-hydrogen) atoms. The van der Waals surface area contributed by atoms with Gasteiger partial charge in [-0.15, -0.1) is 11.3 Å². The number of hydrogen-bond donors (Lipinski definition) is 1. The van der Waals surface area contributed by atoms with E-state index in [2.05, 4.69) is 4.72 Å². The average molecular weight is 288 g/mol. The molecule has 0 saturated carbocycles. The van der Waals surface area contributed by atoms with Gasteiger partial charge in [-0.25, -0.2) is 13.1 Å². The van der Waals surface area contributed by atoms with Crippen molar-refractivity contribution >= 4 is 50.3 Å². The number of nitrogens with one attached hydrogen (secondary N) is 1. The normalized spacial score (nSPS) is 11.7. The van der Waals surface area contributed by atoms with Gasteiger partial charge in [-0.05, 0) is 13.0 Å². The van der Waals surface area contributed by atoms with E-state index in [4.69, 9.17) is 23.2 Å². The number of sulfonamides is 1. The Morgan fingerprint density at radius 1 is 1.53 bits per heavy atom. The smallest absolute Gasteiger partial charge is 0.243 e. The third kappa shape index (κ3) is 3.42. The van der Waals surface area contributed by atoms with Crippen LogP contribution in [-0.2, 0) is 14.8 Å². The molecule has 1 N–H and O–H groups in total. The van der Waals surface area contributed by atoms with Gasteiger partial charge >= 0.3 is 0 Å². The second kappa shape index (κ2) is 4.80.